The van der Waals surface area contributed by atoms with Crippen LogP contribution in [0.1, 0.15) is 45.9 Å². The molecular weight excluding hydrogens is 436 g/mol. The number of nitrogens with one attached hydrogen (secondary N) is 1. The molecule has 1 aliphatic rings. The summed E-state index contributed by atoms with van der Waals surface area (Å²) >= 11 is 0. The fourth-order valence-electron chi connectivity index (χ4n) is 5.52. The fraction of sp³-hybridized carbons (Fsp3) is 0.176. The number of fused-ring (bicyclic) bond motifs is 6. The van der Waals surface area contributed by atoms with Crippen LogP contribution in [0, 0.1) is 0 Å². The van der Waals surface area contributed by atoms with Crippen molar-refractivity contribution >= 4 is 43.7 Å². The van der Waals surface area contributed by atoms with Crippen molar-refractivity contribution in [2.75, 3.05) is 0 Å². The third-order valence-electron chi connectivity index (χ3n) is 7.36. The van der Waals surface area contributed by atoms with Crippen molar-refractivity contribution in [3.05, 3.63) is 120 Å². The maximum Gasteiger partial charge on any atom is 0.0544 e. The first-order valence-corrected chi connectivity index (χ1v) is 12.7. The van der Waals surface area contributed by atoms with Crippen molar-refractivity contribution in [1.82, 2.24) is 9.88 Å². The molecule has 2 nitrogen and oxygen atoms in total. The van der Waals surface area contributed by atoms with Crippen LogP contribution >= 0.6 is 0 Å². The Balaban J connectivity index is 1.92. The average Bonchev–Trinajstić information content (AvgIpc) is 3.10. The average molecular weight is 471 g/mol. The lowest BCUT2D eigenvalue weighted by Crippen LogP contribution is -2.10. The largest absolute Gasteiger partial charge is 0.359 e. The van der Waals surface area contributed by atoms with Gasteiger partial charge in [-0.15, -0.1) is 0 Å². The highest BCUT2D eigenvalue weighted by Gasteiger charge is 2.24. The van der Waals surface area contributed by atoms with Crippen molar-refractivity contribution < 1.29 is 0 Å². The molecule has 0 spiro atoms. The summed E-state index contributed by atoms with van der Waals surface area (Å²) < 4.78 is 2.48. The second kappa shape index (κ2) is 9.54. The first-order valence-electron chi connectivity index (χ1n) is 12.7. The summed E-state index contributed by atoms with van der Waals surface area (Å²) in [6, 6.07) is 18.0. The number of rotatable bonds is 5. The smallest absolute Gasteiger partial charge is 0.0544 e. The molecule has 180 valence electrons. The predicted molar refractivity (Wildman–Crippen MR) is 159 cm³/mol. The highest BCUT2D eigenvalue weighted by molar-refractivity contribution is 6.14. The third kappa shape index (κ3) is 3.83. The SMILES string of the molecule is C=C/C=C(\C)NC1=C(C)c2c(n(C(=C/C)/C(C)=C\C)c3cc4ccc5ccccc5c4cc23)CC=C1. The monoisotopic (exact) mass is 470 g/mol. The summed E-state index contributed by atoms with van der Waals surface area (Å²) in [4.78, 5) is 0. The van der Waals surface area contributed by atoms with Gasteiger partial charge in [-0.05, 0) is 91.6 Å². The van der Waals surface area contributed by atoms with Crippen LogP contribution in [-0.2, 0) is 6.42 Å². The van der Waals surface area contributed by atoms with Crippen LogP contribution in [0.5, 0.6) is 0 Å². The Bertz CT molecular complexity index is 1680. The van der Waals surface area contributed by atoms with Gasteiger partial charge in [0.15, 0.2) is 0 Å². The second-order valence-corrected chi connectivity index (χ2v) is 9.54. The molecule has 5 rings (SSSR count). The van der Waals surface area contributed by atoms with Crippen molar-refractivity contribution in [3.8, 4) is 0 Å². The fourth-order valence-corrected chi connectivity index (χ4v) is 5.52. The van der Waals surface area contributed by atoms with Crippen LogP contribution < -0.4 is 5.32 Å². The van der Waals surface area contributed by atoms with Gasteiger partial charge < -0.3 is 9.88 Å². The molecule has 1 N–H and O–H groups in total. The van der Waals surface area contributed by atoms with Crippen molar-refractivity contribution in [1.29, 1.82) is 0 Å². The molecule has 0 radical (unpaired) electrons. The van der Waals surface area contributed by atoms with Crippen molar-refractivity contribution in [3.63, 3.8) is 0 Å². The summed E-state index contributed by atoms with van der Waals surface area (Å²) in [7, 11) is 0. The van der Waals surface area contributed by atoms with Crippen LogP contribution in [0.15, 0.2) is 109 Å². The van der Waals surface area contributed by atoms with E-state index in [-0.39, 0.29) is 0 Å². The zero-order chi connectivity index (χ0) is 25.4. The van der Waals surface area contributed by atoms with Gasteiger partial charge in [-0.25, -0.2) is 0 Å². The highest BCUT2D eigenvalue weighted by atomic mass is 15.0. The van der Waals surface area contributed by atoms with E-state index in [1.54, 1.807) is 0 Å². The molecule has 0 unspecified atom stereocenters. The first kappa shape index (κ1) is 23.7. The zero-order valence-electron chi connectivity index (χ0n) is 21.9. The Morgan fingerprint density at radius 2 is 1.72 bits per heavy atom. The normalized spacial score (nSPS) is 15.1. The van der Waals surface area contributed by atoms with E-state index in [9.17, 15) is 0 Å². The van der Waals surface area contributed by atoms with Gasteiger partial charge in [0, 0.05) is 40.2 Å². The Kier molecular flexibility index (Phi) is 6.28. The molecule has 0 bridgehead atoms. The number of aromatic nitrogens is 1. The number of nitrogens with zero attached hydrogens (tertiary/aromatic N) is 1. The molecule has 1 heterocycles. The van der Waals surface area contributed by atoms with E-state index in [4.69, 9.17) is 0 Å². The standard InChI is InChI=1S/C34H34N2/c1-7-13-23(5)35-30-16-12-17-32-34(24(30)6)29-21-28-26(19-18-25-14-10-11-15-27(25)28)20-33(29)36(32)31(9-3)22(4)8-2/h7-16,18-21,35H,1,17H2,2-6H3/b22-8-,23-13+,31-9+. The molecule has 0 fully saturated rings. The molecule has 3 aromatic carbocycles. The van der Waals surface area contributed by atoms with E-state index in [2.05, 4.69) is 124 Å². The maximum atomic E-state index is 3.85. The maximum absolute atomic E-state index is 3.85. The van der Waals surface area contributed by atoms with E-state index in [1.165, 1.54) is 60.5 Å². The lowest BCUT2D eigenvalue weighted by atomic mass is 9.96. The van der Waals surface area contributed by atoms with Crippen LogP contribution in [0.2, 0.25) is 0 Å². The van der Waals surface area contributed by atoms with Gasteiger partial charge in [-0.3, -0.25) is 0 Å². The molecule has 0 saturated carbocycles. The van der Waals surface area contributed by atoms with Gasteiger partial charge in [0.2, 0.25) is 0 Å². The molecule has 0 amide bonds. The van der Waals surface area contributed by atoms with Crippen molar-refractivity contribution in [2.45, 2.75) is 41.0 Å². The Morgan fingerprint density at radius 1 is 0.944 bits per heavy atom. The predicted octanol–water partition coefficient (Wildman–Crippen LogP) is 9.30. The summed E-state index contributed by atoms with van der Waals surface area (Å²) in [5.74, 6) is 0. The quantitative estimate of drug-likeness (QED) is 0.227. The molecule has 1 aromatic heterocycles. The molecule has 1 aliphatic carbocycles. The molecular formula is C34H34N2. The molecule has 36 heavy (non-hydrogen) atoms. The summed E-state index contributed by atoms with van der Waals surface area (Å²) in [5.41, 5.74) is 9.88. The van der Waals surface area contributed by atoms with Gasteiger partial charge in [0.25, 0.3) is 0 Å². The molecule has 2 heteroatoms. The molecule has 0 saturated heterocycles. The highest BCUT2D eigenvalue weighted by Crippen LogP contribution is 2.41. The van der Waals surface area contributed by atoms with Crippen LogP contribution in [0.4, 0.5) is 0 Å². The van der Waals surface area contributed by atoms with Gasteiger partial charge >= 0.3 is 0 Å². The van der Waals surface area contributed by atoms with E-state index >= 15 is 0 Å². The van der Waals surface area contributed by atoms with Gasteiger partial charge in [0.05, 0.1) is 5.52 Å². The van der Waals surface area contributed by atoms with Crippen LogP contribution in [0.3, 0.4) is 0 Å². The summed E-state index contributed by atoms with van der Waals surface area (Å²) in [6.45, 7) is 14.6. The minimum Gasteiger partial charge on any atom is -0.359 e. The minimum absolute atomic E-state index is 0.863. The topological polar surface area (TPSA) is 17.0 Å². The first-order chi connectivity index (χ1) is 17.5. The van der Waals surface area contributed by atoms with Gasteiger partial charge in [-0.1, -0.05) is 67.3 Å². The van der Waals surface area contributed by atoms with Crippen LogP contribution in [0.25, 0.3) is 43.7 Å². The van der Waals surface area contributed by atoms with E-state index in [0.717, 1.165) is 17.8 Å². The van der Waals surface area contributed by atoms with E-state index in [1.807, 2.05) is 12.2 Å². The van der Waals surface area contributed by atoms with Crippen LogP contribution in [-0.4, -0.2) is 4.57 Å². The zero-order valence-corrected chi connectivity index (χ0v) is 21.9. The Labute approximate surface area is 214 Å². The van der Waals surface area contributed by atoms with Gasteiger partial charge in [0.1, 0.15) is 0 Å². The number of benzene rings is 3. The second-order valence-electron chi connectivity index (χ2n) is 9.54. The van der Waals surface area contributed by atoms with E-state index in [0.29, 0.717) is 0 Å². The van der Waals surface area contributed by atoms with Gasteiger partial charge in [-0.2, -0.15) is 0 Å². The number of hydrogen-bond acceptors (Lipinski definition) is 1. The van der Waals surface area contributed by atoms with Crippen molar-refractivity contribution in [2.24, 2.45) is 0 Å². The number of hydrogen-bond donors (Lipinski definition) is 1. The van der Waals surface area contributed by atoms with E-state index < -0.39 is 0 Å². The summed E-state index contributed by atoms with van der Waals surface area (Å²) in [6.07, 6.45) is 13.6. The number of allylic oxidation sites excluding steroid dienone is 10. The lowest BCUT2D eigenvalue weighted by Gasteiger charge is -2.16. The molecule has 4 aromatic rings. The Hall–Kier alpha value is -4.04. The Morgan fingerprint density at radius 3 is 2.47 bits per heavy atom. The molecule has 0 atom stereocenters. The minimum atomic E-state index is 0.863. The third-order valence-corrected chi connectivity index (χ3v) is 7.36. The molecule has 0 aliphatic heterocycles. The lowest BCUT2D eigenvalue weighted by molar-refractivity contribution is 1.00. The summed E-state index contributed by atoms with van der Waals surface area (Å²) in [5, 5.41) is 10.0.